The van der Waals surface area contributed by atoms with Crippen LogP contribution in [0.2, 0.25) is 0 Å². The Morgan fingerprint density at radius 1 is 1.33 bits per heavy atom. The number of hydrogen-bond donors (Lipinski definition) is 1. The maximum absolute atomic E-state index is 12.3. The van der Waals surface area contributed by atoms with Crippen molar-refractivity contribution in [2.45, 2.75) is 51.2 Å². The van der Waals surface area contributed by atoms with Gasteiger partial charge in [0.25, 0.3) is 5.56 Å². The first-order chi connectivity index (χ1) is 11.5. The topological polar surface area (TPSA) is 72.7 Å². The SMILES string of the molecule is CCCCCCSc1nc2c(c(=O)[nH]c(=O)n2C)n1C/C=C(\C)Cl. The predicted octanol–water partition coefficient (Wildman–Crippen LogP) is 3.24. The smallest absolute Gasteiger partial charge is 0.309 e. The molecular weight excluding hydrogens is 348 g/mol. The number of aromatic amines is 1. The summed E-state index contributed by atoms with van der Waals surface area (Å²) in [6.07, 6.45) is 6.53. The molecule has 0 unspecified atom stereocenters. The van der Waals surface area contributed by atoms with Gasteiger partial charge in [0.2, 0.25) is 0 Å². The van der Waals surface area contributed by atoms with Gasteiger partial charge < -0.3 is 4.57 Å². The Bertz CT molecular complexity index is 846. The van der Waals surface area contributed by atoms with Crippen LogP contribution < -0.4 is 11.2 Å². The van der Waals surface area contributed by atoms with Gasteiger partial charge in [-0.15, -0.1) is 0 Å². The molecule has 8 heteroatoms. The van der Waals surface area contributed by atoms with Crippen molar-refractivity contribution in [2.24, 2.45) is 7.05 Å². The summed E-state index contributed by atoms with van der Waals surface area (Å²) in [5, 5.41) is 1.39. The van der Waals surface area contributed by atoms with E-state index in [1.807, 2.05) is 10.6 Å². The van der Waals surface area contributed by atoms with Gasteiger partial charge in [0.05, 0.1) is 0 Å². The third-order valence-electron chi connectivity index (χ3n) is 3.76. The summed E-state index contributed by atoms with van der Waals surface area (Å²) in [5.74, 6) is 0.929. The summed E-state index contributed by atoms with van der Waals surface area (Å²) in [4.78, 5) is 30.9. The highest BCUT2D eigenvalue weighted by atomic mass is 35.5. The molecule has 0 spiro atoms. The highest BCUT2D eigenvalue weighted by Gasteiger charge is 2.16. The number of allylic oxidation sites excluding steroid dienone is 2. The van der Waals surface area contributed by atoms with Crippen molar-refractivity contribution >= 4 is 34.5 Å². The van der Waals surface area contributed by atoms with E-state index < -0.39 is 11.2 Å². The van der Waals surface area contributed by atoms with Gasteiger partial charge in [-0.05, 0) is 13.3 Å². The molecule has 0 atom stereocenters. The molecule has 2 rings (SSSR count). The molecule has 0 saturated heterocycles. The number of unbranched alkanes of at least 4 members (excludes halogenated alkanes) is 3. The number of imidazole rings is 1. The number of halogens is 1. The van der Waals surface area contributed by atoms with Crippen molar-refractivity contribution in [1.82, 2.24) is 19.1 Å². The van der Waals surface area contributed by atoms with E-state index in [1.54, 1.807) is 25.7 Å². The standard InChI is InChI=1S/C16H23ClN4O2S/c1-4-5-6-7-10-24-16-18-13-12(21(16)9-8-11(2)17)14(22)19-15(23)20(13)3/h8H,4-7,9-10H2,1-3H3,(H,19,22,23)/b11-8+. The fourth-order valence-corrected chi connectivity index (χ4v) is 3.48. The number of aryl methyl sites for hydroxylation is 1. The zero-order valence-corrected chi connectivity index (χ0v) is 15.8. The molecule has 0 saturated carbocycles. The van der Waals surface area contributed by atoms with Crippen molar-refractivity contribution in [1.29, 1.82) is 0 Å². The Morgan fingerprint density at radius 3 is 2.75 bits per heavy atom. The molecule has 0 aliphatic rings. The lowest BCUT2D eigenvalue weighted by Gasteiger charge is -2.06. The molecule has 6 nitrogen and oxygen atoms in total. The van der Waals surface area contributed by atoms with Gasteiger partial charge in [0.1, 0.15) is 0 Å². The number of thioether (sulfide) groups is 1. The molecule has 0 aliphatic heterocycles. The van der Waals surface area contributed by atoms with E-state index in [-0.39, 0.29) is 0 Å². The number of nitrogens with zero attached hydrogens (tertiary/aromatic N) is 3. The Morgan fingerprint density at radius 2 is 2.08 bits per heavy atom. The molecule has 132 valence electrons. The molecule has 0 fully saturated rings. The summed E-state index contributed by atoms with van der Waals surface area (Å²) in [6, 6.07) is 0. The summed E-state index contributed by atoms with van der Waals surface area (Å²) < 4.78 is 3.19. The number of nitrogens with one attached hydrogen (secondary N) is 1. The van der Waals surface area contributed by atoms with Gasteiger partial charge in [-0.25, -0.2) is 9.78 Å². The van der Waals surface area contributed by atoms with E-state index in [9.17, 15) is 9.59 Å². The lowest BCUT2D eigenvalue weighted by Crippen LogP contribution is -2.29. The predicted molar refractivity (Wildman–Crippen MR) is 100 cm³/mol. The molecule has 0 aromatic carbocycles. The van der Waals surface area contributed by atoms with E-state index in [4.69, 9.17) is 11.6 Å². The first kappa shape index (κ1) is 18.9. The highest BCUT2D eigenvalue weighted by Crippen LogP contribution is 2.23. The van der Waals surface area contributed by atoms with Crippen LogP contribution in [0.3, 0.4) is 0 Å². The molecule has 2 aromatic rings. The highest BCUT2D eigenvalue weighted by molar-refractivity contribution is 7.99. The normalized spacial score (nSPS) is 12.2. The minimum atomic E-state index is -0.458. The molecule has 0 radical (unpaired) electrons. The van der Waals surface area contributed by atoms with E-state index in [1.165, 1.54) is 23.8 Å². The monoisotopic (exact) mass is 370 g/mol. The second-order valence-corrected chi connectivity index (χ2v) is 7.35. The quantitative estimate of drug-likeness (QED) is 0.572. The summed E-state index contributed by atoms with van der Waals surface area (Å²) in [5.41, 5.74) is -0.0671. The molecule has 24 heavy (non-hydrogen) atoms. The van der Waals surface area contributed by atoms with Crippen LogP contribution in [-0.4, -0.2) is 24.9 Å². The zero-order valence-electron chi connectivity index (χ0n) is 14.3. The van der Waals surface area contributed by atoms with Gasteiger partial charge in [-0.1, -0.05) is 55.6 Å². The number of H-pyrrole nitrogens is 1. The van der Waals surface area contributed by atoms with Crippen LogP contribution in [0.5, 0.6) is 0 Å². The van der Waals surface area contributed by atoms with Crippen LogP contribution in [0.1, 0.15) is 39.5 Å². The number of rotatable bonds is 8. The minimum absolute atomic E-state index is 0.403. The molecule has 0 bridgehead atoms. The summed E-state index contributed by atoms with van der Waals surface area (Å²) in [6.45, 7) is 4.42. The maximum Gasteiger partial charge on any atom is 0.329 e. The van der Waals surface area contributed by atoms with Crippen molar-refractivity contribution < 1.29 is 0 Å². The van der Waals surface area contributed by atoms with Gasteiger partial charge in [0.15, 0.2) is 16.3 Å². The summed E-state index contributed by atoms with van der Waals surface area (Å²) in [7, 11) is 1.61. The number of aromatic nitrogens is 4. The fourth-order valence-electron chi connectivity index (χ4n) is 2.40. The van der Waals surface area contributed by atoms with Gasteiger partial charge in [-0.2, -0.15) is 0 Å². The largest absolute Gasteiger partial charge is 0.329 e. The van der Waals surface area contributed by atoms with Crippen LogP contribution in [0.15, 0.2) is 25.9 Å². The number of hydrogen-bond acceptors (Lipinski definition) is 4. The fraction of sp³-hybridized carbons (Fsp3) is 0.562. The van der Waals surface area contributed by atoms with Crippen LogP contribution >= 0.6 is 23.4 Å². The van der Waals surface area contributed by atoms with Crippen LogP contribution in [0.25, 0.3) is 11.2 Å². The van der Waals surface area contributed by atoms with Crippen LogP contribution in [-0.2, 0) is 13.6 Å². The van der Waals surface area contributed by atoms with Crippen molar-refractivity contribution in [3.63, 3.8) is 0 Å². The Labute approximate surface area is 149 Å². The van der Waals surface area contributed by atoms with Gasteiger partial charge >= 0.3 is 5.69 Å². The third kappa shape index (κ3) is 4.33. The molecular formula is C16H23ClN4O2S. The third-order valence-corrected chi connectivity index (χ3v) is 4.97. The van der Waals surface area contributed by atoms with E-state index in [0.717, 1.165) is 17.3 Å². The second-order valence-electron chi connectivity index (χ2n) is 5.70. The average molecular weight is 371 g/mol. The Kier molecular flexibility index (Phi) is 6.74. The zero-order chi connectivity index (χ0) is 17.7. The average Bonchev–Trinajstić information content (AvgIpc) is 2.89. The van der Waals surface area contributed by atoms with E-state index in [2.05, 4.69) is 16.9 Å². The minimum Gasteiger partial charge on any atom is -0.309 e. The van der Waals surface area contributed by atoms with Crippen molar-refractivity contribution in [3.8, 4) is 0 Å². The van der Waals surface area contributed by atoms with Gasteiger partial charge in [-0.3, -0.25) is 14.3 Å². The molecule has 0 amide bonds. The van der Waals surface area contributed by atoms with E-state index >= 15 is 0 Å². The molecule has 2 aromatic heterocycles. The van der Waals surface area contributed by atoms with Crippen LogP contribution in [0.4, 0.5) is 0 Å². The van der Waals surface area contributed by atoms with Crippen molar-refractivity contribution in [3.05, 3.63) is 31.9 Å². The lowest BCUT2D eigenvalue weighted by atomic mass is 10.2. The Hall–Kier alpha value is -1.47. The van der Waals surface area contributed by atoms with E-state index in [0.29, 0.717) is 22.7 Å². The Balaban J connectivity index is 2.41. The molecule has 0 aliphatic carbocycles. The van der Waals surface area contributed by atoms with Crippen molar-refractivity contribution in [2.75, 3.05) is 5.75 Å². The molecule has 1 N–H and O–H groups in total. The number of fused-ring (bicyclic) bond motifs is 1. The first-order valence-electron chi connectivity index (χ1n) is 8.10. The van der Waals surface area contributed by atoms with Crippen LogP contribution in [0, 0.1) is 0 Å². The summed E-state index contributed by atoms with van der Waals surface area (Å²) >= 11 is 7.54. The first-order valence-corrected chi connectivity index (χ1v) is 9.46. The van der Waals surface area contributed by atoms with Gasteiger partial charge in [0, 0.05) is 24.4 Å². The lowest BCUT2D eigenvalue weighted by molar-refractivity contribution is 0.702. The maximum atomic E-state index is 12.3. The second kappa shape index (κ2) is 8.58. The molecule has 2 heterocycles.